The maximum atomic E-state index is 13.2. The number of thioether (sulfide) groups is 1. The lowest BCUT2D eigenvalue weighted by Gasteiger charge is -2.22. The van der Waals surface area contributed by atoms with Crippen LogP contribution >= 0.6 is 11.8 Å². The zero-order chi connectivity index (χ0) is 13.8. The number of methoxy groups -OCH3 is 1. The molecule has 0 bridgehead atoms. The van der Waals surface area contributed by atoms with Gasteiger partial charge in [-0.25, -0.2) is 4.39 Å². The molecule has 18 heavy (non-hydrogen) atoms. The zero-order valence-corrected chi connectivity index (χ0v) is 11.9. The predicted octanol–water partition coefficient (Wildman–Crippen LogP) is 2.71. The highest BCUT2D eigenvalue weighted by Gasteiger charge is 2.18. The molecule has 0 aliphatic heterocycles. The van der Waals surface area contributed by atoms with E-state index in [1.807, 2.05) is 20.1 Å². The Kier molecular flexibility index (Phi) is 5.02. The lowest BCUT2D eigenvalue weighted by Crippen LogP contribution is -2.36. The predicted molar refractivity (Wildman–Crippen MR) is 72.9 cm³/mol. The van der Waals surface area contributed by atoms with E-state index in [1.165, 1.54) is 25.3 Å². The molecule has 0 radical (unpaired) electrons. The summed E-state index contributed by atoms with van der Waals surface area (Å²) < 4.78 is 18.0. The van der Waals surface area contributed by atoms with Crippen molar-refractivity contribution in [2.75, 3.05) is 19.9 Å². The van der Waals surface area contributed by atoms with Crippen LogP contribution in [0.5, 0.6) is 5.75 Å². The number of halogens is 1. The van der Waals surface area contributed by atoms with Crippen molar-refractivity contribution in [2.45, 2.75) is 18.6 Å². The Hall–Kier alpha value is -1.23. The lowest BCUT2D eigenvalue weighted by atomic mass is 10.1. The van der Waals surface area contributed by atoms with Crippen molar-refractivity contribution in [2.24, 2.45) is 0 Å². The summed E-state index contributed by atoms with van der Waals surface area (Å²) in [4.78, 5) is 11.9. The molecule has 1 rings (SSSR count). The third-order valence-corrected chi connectivity index (χ3v) is 3.89. The standard InChI is InChI=1S/C13H18FNO2S/c1-13(2,18-4)8-15-12(16)9-5-6-10(14)11(7-9)17-3/h5-7H,8H2,1-4H3,(H,15,16). The molecule has 0 spiro atoms. The van der Waals surface area contributed by atoms with Crippen LogP contribution in [0.1, 0.15) is 24.2 Å². The number of rotatable bonds is 5. The fourth-order valence-electron chi connectivity index (χ4n) is 1.27. The first-order valence-corrected chi connectivity index (χ1v) is 6.79. The number of hydrogen-bond donors (Lipinski definition) is 1. The quantitative estimate of drug-likeness (QED) is 0.895. The molecule has 0 saturated heterocycles. The molecule has 0 heterocycles. The molecular weight excluding hydrogens is 253 g/mol. The second-order valence-electron chi connectivity index (χ2n) is 4.50. The van der Waals surface area contributed by atoms with Crippen LogP contribution in [0.3, 0.4) is 0 Å². The topological polar surface area (TPSA) is 38.3 Å². The van der Waals surface area contributed by atoms with Gasteiger partial charge in [0.2, 0.25) is 0 Å². The summed E-state index contributed by atoms with van der Waals surface area (Å²) in [6, 6.07) is 4.07. The SMILES string of the molecule is COc1cc(C(=O)NCC(C)(C)SC)ccc1F. The number of nitrogens with one attached hydrogen (secondary N) is 1. The van der Waals surface area contributed by atoms with Crippen LogP contribution in [-0.4, -0.2) is 30.6 Å². The van der Waals surface area contributed by atoms with Crippen LogP contribution in [0.4, 0.5) is 4.39 Å². The maximum Gasteiger partial charge on any atom is 0.251 e. The van der Waals surface area contributed by atoms with Gasteiger partial charge in [-0.2, -0.15) is 11.8 Å². The zero-order valence-electron chi connectivity index (χ0n) is 11.0. The normalized spacial score (nSPS) is 11.2. The molecular formula is C13H18FNO2S. The molecule has 0 unspecified atom stereocenters. The second kappa shape index (κ2) is 6.09. The van der Waals surface area contributed by atoms with Crippen LogP contribution < -0.4 is 10.1 Å². The minimum absolute atomic E-state index is 0.0280. The Morgan fingerprint density at radius 2 is 2.17 bits per heavy atom. The number of benzene rings is 1. The smallest absolute Gasteiger partial charge is 0.251 e. The molecule has 1 aromatic carbocycles. The Bertz CT molecular complexity index is 435. The molecule has 5 heteroatoms. The third-order valence-electron chi connectivity index (χ3n) is 2.64. The molecule has 1 aromatic rings. The van der Waals surface area contributed by atoms with E-state index in [2.05, 4.69) is 5.32 Å². The summed E-state index contributed by atoms with van der Waals surface area (Å²) >= 11 is 1.67. The van der Waals surface area contributed by atoms with E-state index in [-0.39, 0.29) is 16.4 Å². The minimum atomic E-state index is -0.474. The van der Waals surface area contributed by atoms with E-state index >= 15 is 0 Å². The van der Waals surface area contributed by atoms with Crippen LogP contribution in [0, 0.1) is 5.82 Å². The summed E-state index contributed by atoms with van der Waals surface area (Å²) in [6.45, 7) is 4.64. The average Bonchev–Trinajstić information content (AvgIpc) is 2.36. The van der Waals surface area contributed by atoms with E-state index < -0.39 is 5.82 Å². The number of carbonyl (C=O) groups excluding carboxylic acids is 1. The maximum absolute atomic E-state index is 13.2. The number of amides is 1. The van der Waals surface area contributed by atoms with Gasteiger partial charge in [0.05, 0.1) is 7.11 Å². The van der Waals surface area contributed by atoms with E-state index in [4.69, 9.17) is 4.74 Å². The summed E-state index contributed by atoms with van der Waals surface area (Å²) in [5.41, 5.74) is 0.394. The van der Waals surface area contributed by atoms with E-state index in [0.717, 1.165) is 0 Å². The Labute approximate surface area is 111 Å². The Balaban J connectivity index is 2.73. The average molecular weight is 271 g/mol. The number of hydrogen-bond acceptors (Lipinski definition) is 3. The van der Waals surface area contributed by atoms with Gasteiger partial charge in [-0.1, -0.05) is 0 Å². The van der Waals surface area contributed by atoms with Crippen molar-refractivity contribution in [1.82, 2.24) is 5.32 Å². The molecule has 1 amide bonds. The van der Waals surface area contributed by atoms with Gasteiger partial charge < -0.3 is 10.1 Å². The highest BCUT2D eigenvalue weighted by atomic mass is 32.2. The van der Waals surface area contributed by atoms with Gasteiger partial charge >= 0.3 is 0 Å². The van der Waals surface area contributed by atoms with Crippen LogP contribution in [-0.2, 0) is 0 Å². The summed E-state index contributed by atoms with van der Waals surface area (Å²) in [5.74, 6) is -0.624. The third kappa shape index (κ3) is 3.91. The second-order valence-corrected chi connectivity index (χ2v) is 6.01. The summed E-state index contributed by atoms with van der Waals surface area (Å²) in [5, 5.41) is 2.82. The van der Waals surface area contributed by atoms with E-state index in [1.54, 1.807) is 11.8 Å². The van der Waals surface area contributed by atoms with Gasteiger partial charge in [-0.05, 0) is 38.3 Å². The van der Waals surface area contributed by atoms with Crippen molar-refractivity contribution < 1.29 is 13.9 Å². The van der Waals surface area contributed by atoms with Crippen molar-refractivity contribution in [3.8, 4) is 5.75 Å². The number of carbonyl (C=O) groups is 1. The molecule has 0 atom stereocenters. The van der Waals surface area contributed by atoms with Crippen molar-refractivity contribution in [3.63, 3.8) is 0 Å². The van der Waals surface area contributed by atoms with Crippen LogP contribution in [0.25, 0.3) is 0 Å². The Morgan fingerprint density at radius 1 is 1.50 bits per heavy atom. The molecule has 1 N–H and O–H groups in total. The highest BCUT2D eigenvalue weighted by Crippen LogP contribution is 2.21. The molecule has 0 saturated carbocycles. The van der Waals surface area contributed by atoms with E-state index in [9.17, 15) is 9.18 Å². The first kappa shape index (κ1) is 14.8. The van der Waals surface area contributed by atoms with Gasteiger partial charge in [0, 0.05) is 16.9 Å². The summed E-state index contributed by atoms with van der Waals surface area (Å²) in [7, 11) is 1.37. The fourth-order valence-corrected chi connectivity index (χ4v) is 1.48. The largest absolute Gasteiger partial charge is 0.494 e. The van der Waals surface area contributed by atoms with Gasteiger partial charge in [-0.3, -0.25) is 4.79 Å². The molecule has 0 aliphatic rings. The fraction of sp³-hybridized carbons (Fsp3) is 0.462. The first-order chi connectivity index (χ1) is 8.39. The van der Waals surface area contributed by atoms with Gasteiger partial charge in [0.25, 0.3) is 5.91 Å². The van der Waals surface area contributed by atoms with E-state index in [0.29, 0.717) is 12.1 Å². The van der Waals surface area contributed by atoms with Crippen molar-refractivity contribution in [3.05, 3.63) is 29.6 Å². The molecule has 0 fully saturated rings. The molecule has 100 valence electrons. The van der Waals surface area contributed by atoms with Crippen molar-refractivity contribution >= 4 is 17.7 Å². The monoisotopic (exact) mass is 271 g/mol. The molecule has 0 aromatic heterocycles. The van der Waals surface area contributed by atoms with Crippen LogP contribution in [0.2, 0.25) is 0 Å². The lowest BCUT2D eigenvalue weighted by molar-refractivity contribution is 0.0950. The van der Waals surface area contributed by atoms with Gasteiger partial charge in [-0.15, -0.1) is 0 Å². The molecule has 0 aliphatic carbocycles. The van der Waals surface area contributed by atoms with Crippen molar-refractivity contribution in [1.29, 1.82) is 0 Å². The first-order valence-electron chi connectivity index (χ1n) is 5.56. The van der Waals surface area contributed by atoms with Gasteiger partial charge in [0.15, 0.2) is 11.6 Å². The summed E-state index contributed by atoms with van der Waals surface area (Å²) in [6.07, 6.45) is 1.99. The highest BCUT2D eigenvalue weighted by molar-refractivity contribution is 7.99. The van der Waals surface area contributed by atoms with Crippen LogP contribution in [0.15, 0.2) is 18.2 Å². The molecule has 3 nitrogen and oxygen atoms in total. The number of ether oxygens (including phenoxy) is 1. The minimum Gasteiger partial charge on any atom is -0.494 e. The van der Waals surface area contributed by atoms with Gasteiger partial charge in [0.1, 0.15) is 0 Å². The Morgan fingerprint density at radius 3 is 2.72 bits per heavy atom.